The Morgan fingerprint density at radius 2 is 2.05 bits per heavy atom. The summed E-state index contributed by atoms with van der Waals surface area (Å²) in [6.07, 6.45) is 1.44. The normalized spacial score (nSPS) is 11.2. The number of anilines is 1. The van der Waals surface area contributed by atoms with E-state index >= 15 is 0 Å². The van der Waals surface area contributed by atoms with Crippen LogP contribution in [0.2, 0.25) is 0 Å². The van der Waals surface area contributed by atoms with Gasteiger partial charge in [0.25, 0.3) is 5.91 Å². The van der Waals surface area contributed by atoms with Crippen LogP contribution >= 0.6 is 11.8 Å². The highest BCUT2D eigenvalue weighted by Crippen LogP contribution is 2.33. The van der Waals surface area contributed by atoms with Gasteiger partial charge in [0.15, 0.2) is 0 Å². The lowest BCUT2D eigenvalue weighted by atomic mass is 10.3. The highest BCUT2D eigenvalue weighted by atomic mass is 32.2. The van der Waals surface area contributed by atoms with Gasteiger partial charge >= 0.3 is 5.37 Å². The number of hydrogen-bond donors (Lipinski definition) is 3. The summed E-state index contributed by atoms with van der Waals surface area (Å²) in [7, 11) is 0. The van der Waals surface area contributed by atoms with Crippen molar-refractivity contribution in [2.45, 2.75) is 10.3 Å². The Labute approximate surface area is 122 Å². The molecule has 0 aliphatic carbocycles. The van der Waals surface area contributed by atoms with E-state index < -0.39 is 17.1 Å². The molecule has 110 valence electrons. The summed E-state index contributed by atoms with van der Waals surface area (Å²) in [6, 6.07) is 8.08. The zero-order valence-electron chi connectivity index (χ0n) is 10.5. The van der Waals surface area contributed by atoms with Gasteiger partial charge in [-0.3, -0.25) is 9.78 Å². The van der Waals surface area contributed by atoms with Crippen molar-refractivity contribution in [1.82, 2.24) is 4.98 Å². The molecular formula is C13H10F2N2O3S. The van der Waals surface area contributed by atoms with Gasteiger partial charge in [-0.05, 0) is 42.1 Å². The van der Waals surface area contributed by atoms with Gasteiger partial charge in [-0.15, -0.1) is 0 Å². The van der Waals surface area contributed by atoms with Crippen molar-refractivity contribution < 1.29 is 23.8 Å². The van der Waals surface area contributed by atoms with E-state index in [9.17, 15) is 13.6 Å². The van der Waals surface area contributed by atoms with Crippen LogP contribution in [0.4, 0.5) is 14.5 Å². The zero-order valence-corrected chi connectivity index (χ0v) is 11.3. The van der Waals surface area contributed by atoms with Crippen LogP contribution in [0.3, 0.4) is 0 Å². The standard InChI is InChI=1S/C13H10F2N2O3S/c14-9-5-4-8(7-11(9)21-13(15,19)20)17-12(18)10-3-1-2-6-16-10/h1-7,19-20H,(H,17,18). The lowest BCUT2D eigenvalue weighted by Crippen LogP contribution is -2.16. The molecule has 1 aromatic carbocycles. The molecule has 2 aromatic rings. The van der Waals surface area contributed by atoms with Crippen molar-refractivity contribution in [3.63, 3.8) is 0 Å². The predicted octanol–water partition coefficient (Wildman–Crippen LogP) is 2.13. The minimum absolute atomic E-state index is 0.133. The molecule has 0 unspecified atom stereocenters. The van der Waals surface area contributed by atoms with Crippen LogP contribution in [-0.2, 0) is 0 Å². The van der Waals surface area contributed by atoms with E-state index in [1.807, 2.05) is 0 Å². The molecular weight excluding hydrogens is 302 g/mol. The number of thioether (sulfide) groups is 1. The maximum absolute atomic E-state index is 13.4. The first-order valence-electron chi connectivity index (χ1n) is 5.70. The van der Waals surface area contributed by atoms with Crippen LogP contribution in [0, 0.1) is 5.82 Å². The number of pyridine rings is 1. The summed E-state index contributed by atoms with van der Waals surface area (Å²) in [5, 5.41) is 16.1. The Morgan fingerprint density at radius 3 is 2.67 bits per heavy atom. The molecule has 2 rings (SSSR count). The number of hydrogen-bond acceptors (Lipinski definition) is 5. The molecule has 0 radical (unpaired) electrons. The number of amides is 1. The maximum atomic E-state index is 13.4. The Hall–Kier alpha value is -2.03. The minimum atomic E-state index is -3.61. The van der Waals surface area contributed by atoms with Gasteiger partial charge in [0.2, 0.25) is 0 Å². The SMILES string of the molecule is O=C(Nc1ccc(F)c(SC(O)(O)F)c1)c1ccccn1. The molecule has 0 saturated carbocycles. The first kappa shape index (κ1) is 15.4. The number of alkyl halides is 1. The summed E-state index contributed by atoms with van der Waals surface area (Å²) in [5.41, 5.74) is 0.319. The van der Waals surface area contributed by atoms with Gasteiger partial charge in [-0.25, -0.2) is 4.39 Å². The first-order chi connectivity index (χ1) is 9.85. The molecule has 21 heavy (non-hydrogen) atoms. The lowest BCUT2D eigenvalue weighted by Gasteiger charge is -2.12. The smallest absolute Gasteiger partial charge is 0.331 e. The Morgan fingerprint density at radius 1 is 1.29 bits per heavy atom. The van der Waals surface area contributed by atoms with E-state index in [2.05, 4.69) is 10.3 Å². The van der Waals surface area contributed by atoms with Gasteiger partial charge in [0, 0.05) is 11.9 Å². The molecule has 0 fully saturated rings. The number of carbonyl (C=O) groups is 1. The second kappa shape index (κ2) is 6.17. The van der Waals surface area contributed by atoms with E-state index in [0.29, 0.717) is 0 Å². The molecule has 0 bridgehead atoms. The van der Waals surface area contributed by atoms with Gasteiger partial charge in [-0.1, -0.05) is 6.07 Å². The Balaban J connectivity index is 2.18. The van der Waals surface area contributed by atoms with Gasteiger partial charge in [0.1, 0.15) is 11.5 Å². The van der Waals surface area contributed by atoms with Crippen LogP contribution in [0.5, 0.6) is 0 Å². The van der Waals surface area contributed by atoms with Crippen molar-refractivity contribution in [2.24, 2.45) is 0 Å². The molecule has 0 aliphatic rings. The van der Waals surface area contributed by atoms with Crippen LogP contribution in [0.15, 0.2) is 47.5 Å². The van der Waals surface area contributed by atoms with Crippen LogP contribution in [-0.4, -0.2) is 26.5 Å². The number of halogens is 2. The summed E-state index contributed by atoms with van der Waals surface area (Å²) >= 11 is -0.133. The van der Waals surface area contributed by atoms with Crippen molar-refractivity contribution in [3.05, 3.63) is 54.1 Å². The maximum Gasteiger partial charge on any atom is 0.373 e. The number of aliphatic hydroxyl groups is 2. The predicted molar refractivity (Wildman–Crippen MR) is 72.7 cm³/mol. The topological polar surface area (TPSA) is 82.5 Å². The number of carbonyl (C=O) groups excluding carboxylic acids is 1. The number of benzene rings is 1. The molecule has 5 nitrogen and oxygen atoms in total. The van der Waals surface area contributed by atoms with Crippen molar-refractivity contribution in [1.29, 1.82) is 0 Å². The average Bonchev–Trinajstić information content (AvgIpc) is 2.42. The first-order valence-corrected chi connectivity index (χ1v) is 6.51. The van der Waals surface area contributed by atoms with Crippen LogP contribution in [0.25, 0.3) is 0 Å². The monoisotopic (exact) mass is 312 g/mol. The van der Waals surface area contributed by atoms with Crippen molar-refractivity contribution in [2.75, 3.05) is 5.32 Å². The van der Waals surface area contributed by atoms with E-state index in [1.165, 1.54) is 18.3 Å². The molecule has 0 atom stereocenters. The van der Waals surface area contributed by atoms with E-state index in [4.69, 9.17) is 10.2 Å². The molecule has 1 heterocycles. The summed E-state index contributed by atoms with van der Waals surface area (Å²) in [6.45, 7) is 0. The molecule has 8 heteroatoms. The summed E-state index contributed by atoms with van der Waals surface area (Å²) in [5.74, 6) is -1.38. The number of aromatic nitrogens is 1. The van der Waals surface area contributed by atoms with E-state index in [-0.39, 0.29) is 28.0 Å². The van der Waals surface area contributed by atoms with Gasteiger partial charge in [-0.2, -0.15) is 4.39 Å². The number of nitrogens with one attached hydrogen (secondary N) is 1. The molecule has 3 N–H and O–H groups in total. The van der Waals surface area contributed by atoms with E-state index in [1.54, 1.807) is 12.1 Å². The fourth-order valence-corrected chi connectivity index (χ4v) is 2.12. The summed E-state index contributed by atoms with van der Waals surface area (Å²) < 4.78 is 26.1. The second-order valence-electron chi connectivity index (χ2n) is 3.95. The number of nitrogens with zero attached hydrogens (tertiary/aromatic N) is 1. The zero-order chi connectivity index (χ0) is 15.5. The van der Waals surface area contributed by atoms with Crippen LogP contribution in [0.1, 0.15) is 10.5 Å². The third-order valence-corrected chi connectivity index (χ3v) is 3.12. The van der Waals surface area contributed by atoms with Gasteiger partial charge < -0.3 is 15.5 Å². The minimum Gasteiger partial charge on any atom is -0.331 e. The van der Waals surface area contributed by atoms with Crippen molar-refractivity contribution in [3.8, 4) is 0 Å². The Kier molecular flexibility index (Phi) is 4.51. The molecule has 1 aromatic heterocycles. The molecule has 1 amide bonds. The quantitative estimate of drug-likeness (QED) is 0.595. The molecule has 0 aliphatic heterocycles. The Bertz CT molecular complexity index is 648. The molecule has 0 saturated heterocycles. The second-order valence-corrected chi connectivity index (χ2v) is 5.11. The third kappa shape index (κ3) is 4.48. The molecule has 0 spiro atoms. The van der Waals surface area contributed by atoms with Crippen molar-refractivity contribution >= 4 is 23.4 Å². The highest BCUT2D eigenvalue weighted by Gasteiger charge is 2.25. The van der Waals surface area contributed by atoms with Gasteiger partial charge in [0.05, 0.1) is 4.90 Å². The lowest BCUT2D eigenvalue weighted by molar-refractivity contribution is -0.177. The largest absolute Gasteiger partial charge is 0.373 e. The third-order valence-electron chi connectivity index (χ3n) is 2.33. The number of rotatable bonds is 4. The average molecular weight is 312 g/mol. The fraction of sp³-hybridized carbons (Fsp3) is 0.0769. The highest BCUT2D eigenvalue weighted by molar-refractivity contribution is 8.00. The summed E-state index contributed by atoms with van der Waals surface area (Å²) in [4.78, 5) is 15.3. The van der Waals surface area contributed by atoms with Crippen LogP contribution < -0.4 is 5.32 Å². The fourth-order valence-electron chi connectivity index (χ4n) is 1.49. The van der Waals surface area contributed by atoms with E-state index in [0.717, 1.165) is 12.1 Å².